The number of carboxylic acid groups (broad SMARTS) is 3. The lowest BCUT2D eigenvalue weighted by Crippen LogP contribution is -2.54. The summed E-state index contributed by atoms with van der Waals surface area (Å²) in [5, 5.41) is 36.0. The summed E-state index contributed by atoms with van der Waals surface area (Å²) in [5.74, 6) is -6.94. The molecular weight excluding hydrogens is 432 g/mol. The van der Waals surface area contributed by atoms with Gasteiger partial charge in [0.15, 0.2) is 5.60 Å². The number of benzene rings is 1. The Hall–Kier alpha value is -4.13. The molecule has 1 atom stereocenters. The topological polar surface area (TPSA) is 216 Å². The first-order valence-electron chi connectivity index (χ1n) is 9.07. The summed E-state index contributed by atoms with van der Waals surface area (Å²) < 4.78 is 0. The molecule has 2 aliphatic heterocycles. The summed E-state index contributed by atoms with van der Waals surface area (Å²) in [5.41, 5.74) is -2.13. The molecule has 0 saturated carbocycles. The van der Waals surface area contributed by atoms with Crippen molar-refractivity contribution in [1.29, 1.82) is 0 Å². The number of hydrogen-bond donors (Lipinski definition) is 5. The van der Waals surface area contributed by atoms with E-state index in [-0.39, 0.29) is 18.7 Å². The van der Waals surface area contributed by atoms with Gasteiger partial charge in [0.05, 0.1) is 24.0 Å². The first-order chi connectivity index (χ1) is 14.9. The first-order valence-corrected chi connectivity index (χ1v) is 9.07. The number of aliphatic hydroxyl groups is 1. The zero-order valence-corrected chi connectivity index (χ0v) is 16.3. The zero-order chi connectivity index (χ0) is 24.2. The minimum Gasteiger partial charge on any atom is -0.481 e. The van der Waals surface area contributed by atoms with E-state index < -0.39 is 60.1 Å². The molecule has 32 heavy (non-hydrogen) atoms. The van der Waals surface area contributed by atoms with Crippen molar-refractivity contribution in [3.63, 3.8) is 0 Å². The largest absolute Gasteiger partial charge is 0.481 e. The number of nitrogens with one attached hydrogen (secondary N) is 1. The van der Waals surface area contributed by atoms with Crippen LogP contribution in [0.5, 0.6) is 0 Å². The van der Waals surface area contributed by atoms with Gasteiger partial charge in [-0.05, 0) is 18.6 Å². The van der Waals surface area contributed by atoms with Gasteiger partial charge in [0.1, 0.15) is 6.04 Å². The van der Waals surface area contributed by atoms with Crippen molar-refractivity contribution in [2.24, 2.45) is 0 Å². The van der Waals surface area contributed by atoms with E-state index in [2.05, 4.69) is 5.32 Å². The Kier molecular flexibility index (Phi) is 7.05. The van der Waals surface area contributed by atoms with Crippen LogP contribution in [0.1, 0.15) is 46.4 Å². The van der Waals surface area contributed by atoms with Crippen LogP contribution in [-0.2, 0) is 24.0 Å². The number of hydrogen-bond acceptors (Lipinski definition) is 8. The number of imide groups is 2. The lowest BCUT2D eigenvalue weighted by Gasteiger charge is -2.27. The molecule has 0 aliphatic carbocycles. The van der Waals surface area contributed by atoms with E-state index in [0.29, 0.717) is 11.1 Å². The number of fused-ring (bicyclic) bond motifs is 1. The highest BCUT2D eigenvalue weighted by molar-refractivity contribution is 6.23. The molecule has 13 heteroatoms. The number of nitrogens with zero attached hydrogens (tertiary/aromatic N) is 1. The highest BCUT2D eigenvalue weighted by Crippen LogP contribution is 2.27. The first kappa shape index (κ1) is 24.1. The summed E-state index contributed by atoms with van der Waals surface area (Å²) in [7, 11) is 0. The second-order valence-corrected chi connectivity index (χ2v) is 6.97. The fourth-order valence-corrected chi connectivity index (χ4v) is 3.13. The lowest BCUT2D eigenvalue weighted by atomic mass is 9.96. The fraction of sp³-hybridized carbons (Fsp3) is 0.316. The number of amides is 4. The third-order valence-electron chi connectivity index (χ3n) is 4.63. The minimum absolute atomic E-state index is 0.129. The highest BCUT2D eigenvalue weighted by atomic mass is 16.4. The predicted molar refractivity (Wildman–Crippen MR) is 100 cm³/mol. The predicted octanol–water partition coefficient (Wildman–Crippen LogP) is -1.16. The van der Waals surface area contributed by atoms with Gasteiger partial charge >= 0.3 is 17.9 Å². The van der Waals surface area contributed by atoms with Gasteiger partial charge in [-0.25, -0.2) is 4.79 Å². The van der Waals surface area contributed by atoms with Gasteiger partial charge in [-0.1, -0.05) is 12.1 Å². The van der Waals surface area contributed by atoms with Gasteiger partial charge in [-0.3, -0.25) is 39.0 Å². The molecule has 0 radical (unpaired) electrons. The van der Waals surface area contributed by atoms with Crippen LogP contribution in [0.4, 0.5) is 0 Å². The second kappa shape index (κ2) is 9.34. The SMILES string of the molecule is O=C(O)CC(O)(CC(=O)O)C(=O)O.O=C1CCC(N2C(=O)c3ccccc3C2=O)C(=O)N1. The Morgan fingerprint density at radius 1 is 0.938 bits per heavy atom. The number of aliphatic carboxylic acids is 3. The number of carbonyl (C=O) groups is 7. The van der Waals surface area contributed by atoms with E-state index in [1.165, 1.54) is 0 Å². The van der Waals surface area contributed by atoms with Gasteiger partial charge in [0.25, 0.3) is 11.8 Å². The molecule has 0 aromatic heterocycles. The molecule has 13 nitrogen and oxygen atoms in total. The maximum absolute atomic E-state index is 12.2. The smallest absolute Gasteiger partial charge is 0.336 e. The van der Waals surface area contributed by atoms with Gasteiger partial charge in [0.2, 0.25) is 11.8 Å². The maximum atomic E-state index is 12.2. The quantitative estimate of drug-likeness (QED) is 0.326. The summed E-state index contributed by atoms with van der Waals surface area (Å²) in [6, 6.07) is 5.55. The number of carboxylic acids is 3. The zero-order valence-electron chi connectivity index (χ0n) is 16.3. The molecule has 1 fully saturated rings. The van der Waals surface area contributed by atoms with Crippen molar-refractivity contribution in [1.82, 2.24) is 10.2 Å². The van der Waals surface area contributed by atoms with E-state index in [9.17, 15) is 33.6 Å². The van der Waals surface area contributed by atoms with E-state index in [4.69, 9.17) is 20.4 Å². The van der Waals surface area contributed by atoms with E-state index in [1.807, 2.05) is 0 Å². The fourth-order valence-electron chi connectivity index (χ4n) is 3.13. The number of piperidine rings is 1. The molecule has 0 bridgehead atoms. The van der Waals surface area contributed by atoms with Crippen LogP contribution in [0.2, 0.25) is 0 Å². The van der Waals surface area contributed by atoms with Gasteiger partial charge in [0, 0.05) is 6.42 Å². The lowest BCUT2D eigenvalue weighted by molar-refractivity contribution is -0.170. The molecule has 2 aliphatic rings. The van der Waals surface area contributed by atoms with Gasteiger partial charge in [-0.2, -0.15) is 0 Å². The van der Waals surface area contributed by atoms with Crippen molar-refractivity contribution in [2.45, 2.75) is 37.3 Å². The van der Waals surface area contributed by atoms with Crippen molar-refractivity contribution in [2.75, 3.05) is 0 Å². The van der Waals surface area contributed by atoms with Crippen LogP contribution in [0, 0.1) is 0 Å². The molecule has 1 aromatic rings. The Morgan fingerprint density at radius 3 is 1.78 bits per heavy atom. The summed E-state index contributed by atoms with van der Waals surface area (Å²) in [6.45, 7) is 0. The van der Waals surface area contributed by atoms with E-state index >= 15 is 0 Å². The summed E-state index contributed by atoms with van der Waals surface area (Å²) in [4.78, 5) is 78.6. The standard InChI is InChI=1S/C13H10N2O4.C6H8O7/c16-10-6-5-9(11(17)14-10)15-12(18)7-3-1-2-4-8(7)13(15)19;7-3(8)1-6(13,5(11)12)2-4(9)10/h1-4,9H,5-6H2,(H,14,16,17);13H,1-2H2,(H,7,8)(H,9,10)(H,11,12). The van der Waals surface area contributed by atoms with Crippen LogP contribution >= 0.6 is 0 Å². The molecule has 3 rings (SSSR count). The third-order valence-corrected chi connectivity index (χ3v) is 4.63. The van der Waals surface area contributed by atoms with Crippen LogP contribution in [0.25, 0.3) is 0 Å². The molecule has 1 aromatic carbocycles. The van der Waals surface area contributed by atoms with Crippen molar-refractivity contribution < 1.29 is 54.0 Å². The third kappa shape index (κ3) is 5.13. The molecule has 4 amide bonds. The van der Waals surface area contributed by atoms with Crippen molar-refractivity contribution in [3.05, 3.63) is 35.4 Å². The Balaban J connectivity index is 0.000000247. The highest BCUT2D eigenvalue weighted by Gasteiger charge is 2.44. The van der Waals surface area contributed by atoms with Crippen LogP contribution in [0.15, 0.2) is 24.3 Å². The average Bonchev–Trinajstić information content (AvgIpc) is 2.92. The van der Waals surface area contributed by atoms with Crippen molar-refractivity contribution in [3.8, 4) is 0 Å². The molecule has 1 saturated heterocycles. The Bertz CT molecular complexity index is 965. The monoisotopic (exact) mass is 450 g/mol. The Labute approximate surface area is 179 Å². The summed E-state index contributed by atoms with van der Waals surface area (Å²) in [6.07, 6.45) is -1.98. The number of carbonyl (C=O) groups excluding carboxylic acids is 4. The van der Waals surface area contributed by atoms with Crippen LogP contribution in [-0.4, -0.2) is 78.5 Å². The van der Waals surface area contributed by atoms with Gasteiger partial charge < -0.3 is 20.4 Å². The molecule has 5 N–H and O–H groups in total. The minimum atomic E-state index is -2.74. The van der Waals surface area contributed by atoms with Gasteiger partial charge in [-0.15, -0.1) is 0 Å². The normalized spacial score (nSPS) is 17.8. The molecule has 0 spiro atoms. The van der Waals surface area contributed by atoms with E-state index in [0.717, 1.165) is 4.90 Å². The average molecular weight is 450 g/mol. The van der Waals surface area contributed by atoms with Crippen molar-refractivity contribution >= 4 is 41.5 Å². The Morgan fingerprint density at radius 2 is 1.41 bits per heavy atom. The number of rotatable bonds is 6. The molecular formula is C19H18N2O11. The van der Waals surface area contributed by atoms with Crippen LogP contribution in [0.3, 0.4) is 0 Å². The van der Waals surface area contributed by atoms with E-state index in [1.54, 1.807) is 24.3 Å². The second-order valence-electron chi connectivity index (χ2n) is 6.97. The van der Waals surface area contributed by atoms with Crippen LogP contribution < -0.4 is 5.32 Å². The maximum Gasteiger partial charge on any atom is 0.336 e. The molecule has 170 valence electrons. The summed E-state index contributed by atoms with van der Waals surface area (Å²) >= 11 is 0. The molecule has 1 unspecified atom stereocenters. The molecule has 2 heterocycles.